The van der Waals surface area contributed by atoms with Crippen LogP contribution in [0, 0.1) is 0 Å². The number of aromatic nitrogens is 8. The van der Waals surface area contributed by atoms with E-state index in [-0.39, 0.29) is 41.0 Å². The number of nitrogens with one attached hydrogen (secondary N) is 2. The highest BCUT2D eigenvalue weighted by molar-refractivity contribution is 7.63. The summed E-state index contributed by atoms with van der Waals surface area (Å²) in [5.41, 5.74) is 9.82. The topological polar surface area (TPSA) is 367 Å². The predicted molar refractivity (Wildman–Crippen MR) is 165 cm³/mol. The standard InChI is InChI=1S/C21H33N10O15P3/c1-10(12(4-32)41-8-30-6-24-14-16(30)26-20(22)28-18(14)33)44-48(37,38)43-5-13(11(2)45-49(39,40)46-47(3,35)36)42-9-31-7-25-15-17(31)27-21(23)29-19(15)34/h6-7,10-13,32H,4-5,8-9H2,1-3H3,(H,35,36)(H,37,38)(H,39,40)(H3,22,26,28,33)(H3,23,27,29,34)/t10-,11-,12-,13-/m1/s1. The maximum atomic E-state index is 12.9. The molecule has 10 N–H and O–H groups in total. The molecule has 0 radical (unpaired) electrons. The summed E-state index contributed by atoms with van der Waals surface area (Å²) in [6.45, 7) is 0.647. The van der Waals surface area contributed by atoms with Gasteiger partial charge in [-0.2, -0.15) is 9.97 Å². The molecule has 4 aromatic rings. The molecular formula is C21H33N10O15P3. The number of fused-ring (bicyclic) bond motifs is 2. The second kappa shape index (κ2) is 15.2. The first kappa shape index (κ1) is 38.4. The van der Waals surface area contributed by atoms with Gasteiger partial charge in [0.1, 0.15) is 25.7 Å². The molecule has 0 spiro atoms. The molecule has 272 valence electrons. The van der Waals surface area contributed by atoms with E-state index in [9.17, 15) is 43.1 Å². The summed E-state index contributed by atoms with van der Waals surface area (Å²) < 4.78 is 69.9. The van der Waals surface area contributed by atoms with Crippen molar-refractivity contribution in [2.45, 2.75) is 51.7 Å². The SMILES string of the molecule is C[C@@H](OP(=O)(O)OC[C@@H](OCn1cnc2c(=O)[nH]c(N)nc21)[C@@H](C)OP(=O)(O)OP(C)(=O)O)[C@@H](CO)OCn1cnc2c(=O)[nH]c(N)nc21. The normalized spacial score (nSPS) is 18.4. The van der Waals surface area contributed by atoms with Gasteiger partial charge < -0.3 is 40.7 Å². The molecule has 4 heterocycles. The van der Waals surface area contributed by atoms with Gasteiger partial charge in [0.15, 0.2) is 22.3 Å². The lowest BCUT2D eigenvalue weighted by atomic mass is 10.2. The summed E-state index contributed by atoms with van der Waals surface area (Å²) in [4.78, 5) is 74.2. The van der Waals surface area contributed by atoms with Gasteiger partial charge in [-0.3, -0.25) is 46.8 Å². The third kappa shape index (κ3) is 10.3. The number of ether oxygens (including phenoxy) is 2. The van der Waals surface area contributed by atoms with Crippen LogP contribution in [0.2, 0.25) is 0 Å². The number of nitrogens with two attached hydrogens (primary N) is 2. The molecule has 0 fully saturated rings. The fourth-order valence-corrected chi connectivity index (χ4v) is 7.30. The van der Waals surface area contributed by atoms with Gasteiger partial charge in [0.05, 0.1) is 38.1 Å². The number of phosphoric acid groups is 2. The molecule has 0 aromatic carbocycles. The Morgan fingerprint density at radius 2 is 1.27 bits per heavy atom. The number of imidazole rings is 2. The molecule has 0 amide bonds. The third-order valence-corrected chi connectivity index (χ3v) is 10.0. The summed E-state index contributed by atoms with van der Waals surface area (Å²) in [6, 6.07) is 0. The molecule has 0 saturated carbocycles. The molecule has 0 saturated heterocycles. The Morgan fingerprint density at radius 1 is 0.816 bits per heavy atom. The Labute approximate surface area is 273 Å². The van der Waals surface area contributed by atoms with E-state index in [1.165, 1.54) is 22.4 Å². The van der Waals surface area contributed by atoms with E-state index in [0.717, 1.165) is 13.3 Å². The van der Waals surface area contributed by atoms with E-state index in [1.54, 1.807) is 0 Å². The summed E-state index contributed by atoms with van der Waals surface area (Å²) >= 11 is 0. The van der Waals surface area contributed by atoms with E-state index < -0.39 is 78.7 Å². The van der Waals surface area contributed by atoms with Gasteiger partial charge >= 0.3 is 23.2 Å². The van der Waals surface area contributed by atoms with Gasteiger partial charge in [-0.05, 0) is 13.8 Å². The first-order chi connectivity index (χ1) is 22.8. The first-order valence-corrected chi connectivity index (χ1v) is 18.7. The largest absolute Gasteiger partial charge is 0.479 e. The molecule has 0 bridgehead atoms. The number of aliphatic hydroxyl groups excluding tert-OH is 1. The van der Waals surface area contributed by atoms with Gasteiger partial charge in [0.2, 0.25) is 11.9 Å². The Bertz CT molecular complexity index is 2040. The number of rotatable bonds is 18. The second-order valence-corrected chi connectivity index (χ2v) is 15.1. The van der Waals surface area contributed by atoms with E-state index in [1.807, 2.05) is 0 Å². The number of nitrogen functional groups attached to an aromatic ring is 2. The van der Waals surface area contributed by atoms with Crippen molar-refractivity contribution in [2.75, 3.05) is 31.3 Å². The van der Waals surface area contributed by atoms with Gasteiger partial charge in [0, 0.05) is 6.66 Å². The summed E-state index contributed by atoms with van der Waals surface area (Å²) in [5, 5.41) is 9.86. The number of aliphatic hydroxyl groups is 1. The number of nitrogens with zero attached hydrogens (tertiary/aromatic N) is 6. The number of phosphoric ester groups is 2. The number of aromatic amines is 2. The highest BCUT2D eigenvalue weighted by Gasteiger charge is 2.37. The van der Waals surface area contributed by atoms with Gasteiger partial charge in [0.25, 0.3) is 11.1 Å². The van der Waals surface area contributed by atoms with Crippen LogP contribution in [0.4, 0.5) is 11.9 Å². The molecule has 49 heavy (non-hydrogen) atoms. The quantitative estimate of drug-likeness (QED) is 0.0561. The Balaban J connectivity index is 1.44. The first-order valence-electron chi connectivity index (χ1n) is 13.7. The smallest absolute Gasteiger partial charge is 0.394 e. The van der Waals surface area contributed by atoms with E-state index in [0.29, 0.717) is 6.66 Å². The molecule has 3 unspecified atom stereocenters. The third-order valence-electron chi connectivity index (χ3n) is 6.32. The minimum atomic E-state index is -5.20. The number of anilines is 2. The molecule has 0 aliphatic heterocycles. The van der Waals surface area contributed by atoms with Crippen LogP contribution in [0.15, 0.2) is 22.2 Å². The Morgan fingerprint density at radius 3 is 1.73 bits per heavy atom. The lowest BCUT2D eigenvalue weighted by molar-refractivity contribution is -0.0916. The molecule has 4 rings (SSSR count). The zero-order valence-electron chi connectivity index (χ0n) is 25.8. The molecule has 28 heteroatoms. The fraction of sp³-hybridized carbons (Fsp3) is 0.524. The van der Waals surface area contributed by atoms with Crippen LogP contribution >= 0.6 is 23.2 Å². The van der Waals surface area contributed by atoms with Crippen LogP contribution in [0.1, 0.15) is 13.8 Å². The van der Waals surface area contributed by atoms with E-state index in [2.05, 4.69) is 34.2 Å². The van der Waals surface area contributed by atoms with Crippen molar-refractivity contribution < 1.29 is 60.8 Å². The zero-order valence-corrected chi connectivity index (χ0v) is 28.4. The molecule has 7 atom stereocenters. The minimum Gasteiger partial charge on any atom is -0.394 e. The van der Waals surface area contributed by atoms with Gasteiger partial charge in [-0.25, -0.2) is 23.4 Å². The van der Waals surface area contributed by atoms with E-state index in [4.69, 9.17) is 34.5 Å². The van der Waals surface area contributed by atoms with Crippen LogP contribution in [0.5, 0.6) is 0 Å². The van der Waals surface area contributed by atoms with Crippen molar-refractivity contribution in [2.24, 2.45) is 0 Å². The summed E-state index contributed by atoms with van der Waals surface area (Å²) in [5.74, 6) is -0.423. The van der Waals surface area contributed by atoms with Crippen molar-refractivity contribution >= 4 is 57.5 Å². The fourth-order valence-electron chi connectivity index (χ4n) is 4.10. The van der Waals surface area contributed by atoms with Gasteiger partial charge in [-0.15, -0.1) is 0 Å². The monoisotopic (exact) mass is 758 g/mol. The van der Waals surface area contributed by atoms with Crippen molar-refractivity contribution in [1.29, 1.82) is 0 Å². The molecule has 4 aromatic heterocycles. The van der Waals surface area contributed by atoms with Crippen molar-refractivity contribution in [1.82, 2.24) is 39.0 Å². The zero-order chi connectivity index (χ0) is 36.3. The van der Waals surface area contributed by atoms with Crippen molar-refractivity contribution in [3.63, 3.8) is 0 Å². The Hall–Kier alpha value is -3.41. The van der Waals surface area contributed by atoms with E-state index >= 15 is 0 Å². The minimum absolute atomic E-state index is 0.0207. The second-order valence-electron chi connectivity index (χ2n) is 10.3. The van der Waals surface area contributed by atoms with Crippen LogP contribution < -0.4 is 22.6 Å². The lowest BCUT2D eigenvalue weighted by Gasteiger charge is -2.28. The van der Waals surface area contributed by atoms with Crippen molar-refractivity contribution in [3.8, 4) is 0 Å². The lowest BCUT2D eigenvalue weighted by Crippen LogP contribution is -2.35. The maximum absolute atomic E-state index is 12.9. The van der Waals surface area contributed by atoms with Crippen molar-refractivity contribution in [3.05, 3.63) is 33.4 Å². The molecule has 25 nitrogen and oxygen atoms in total. The number of H-pyrrole nitrogens is 2. The predicted octanol–water partition coefficient (Wildman–Crippen LogP) is -1.05. The average molecular weight is 758 g/mol. The van der Waals surface area contributed by atoms with Crippen LogP contribution in [-0.2, 0) is 54.5 Å². The molecule has 0 aliphatic rings. The average Bonchev–Trinajstić information content (AvgIpc) is 3.55. The maximum Gasteiger partial charge on any atom is 0.479 e. The van der Waals surface area contributed by atoms with Crippen LogP contribution in [-0.4, -0.2) is 103 Å². The van der Waals surface area contributed by atoms with Gasteiger partial charge in [-0.1, -0.05) is 0 Å². The van der Waals surface area contributed by atoms with Crippen LogP contribution in [0.25, 0.3) is 22.3 Å². The van der Waals surface area contributed by atoms with Crippen LogP contribution in [0.3, 0.4) is 0 Å². The molecule has 0 aliphatic carbocycles. The Kier molecular flexibility index (Phi) is 11.9. The number of hydrogen-bond donors (Lipinski definition) is 8. The highest BCUT2D eigenvalue weighted by Crippen LogP contribution is 2.58. The summed E-state index contributed by atoms with van der Waals surface area (Å²) in [6.07, 6.45) is -3.23. The molecular weight excluding hydrogens is 725 g/mol. The highest BCUT2D eigenvalue weighted by atomic mass is 31.3. The number of hydrogen-bond acceptors (Lipinski definition) is 18. The summed E-state index contributed by atoms with van der Waals surface area (Å²) in [7, 11) is -14.7.